The van der Waals surface area contributed by atoms with Crippen LogP contribution in [0.1, 0.15) is 26.3 Å². The summed E-state index contributed by atoms with van der Waals surface area (Å²) < 4.78 is 5.96. The molecular weight excluding hydrogens is 302 g/mol. The first-order valence-corrected chi connectivity index (χ1v) is 8.42. The fraction of sp³-hybridized carbons (Fsp3) is 0.474. The maximum atomic E-state index is 12.4. The Hall–Kier alpha value is -2.30. The lowest BCUT2D eigenvalue weighted by molar-refractivity contribution is -0.139. The molecule has 5 heteroatoms. The molecule has 1 aromatic heterocycles. The van der Waals surface area contributed by atoms with Crippen LogP contribution in [0.2, 0.25) is 0 Å². The Morgan fingerprint density at radius 2 is 1.79 bits per heavy atom. The highest BCUT2D eigenvalue weighted by Gasteiger charge is 2.30. The van der Waals surface area contributed by atoms with Gasteiger partial charge in [-0.25, -0.2) is 4.98 Å². The van der Waals surface area contributed by atoms with Gasteiger partial charge in [0.05, 0.1) is 6.20 Å². The Kier molecular flexibility index (Phi) is 4.35. The number of oxazole rings is 1. The lowest BCUT2D eigenvalue weighted by Gasteiger charge is -2.37. The van der Waals surface area contributed by atoms with Gasteiger partial charge >= 0.3 is 0 Å². The molecule has 0 unspecified atom stereocenters. The number of hydrogen-bond acceptors (Lipinski definition) is 4. The number of hydrogen-bond donors (Lipinski definition) is 0. The molecule has 1 saturated heterocycles. The van der Waals surface area contributed by atoms with Gasteiger partial charge in [-0.15, -0.1) is 0 Å². The quantitative estimate of drug-likeness (QED) is 0.849. The summed E-state index contributed by atoms with van der Waals surface area (Å²) in [4.78, 5) is 20.8. The Morgan fingerprint density at radius 3 is 2.42 bits per heavy atom. The largest absolute Gasteiger partial charge is 0.423 e. The predicted octanol–water partition coefficient (Wildman–Crippen LogP) is 3.34. The number of benzene rings is 1. The van der Waals surface area contributed by atoms with Crippen molar-refractivity contribution in [2.75, 3.05) is 31.1 Å². The fourth-order valence-corrected chi connectivity index (χ4v) is 2.96. The predicted molar refractivity (Wildman–Crippen MR) is 94.9 cm³/mol. The third-order valence-corrected chi connectivity index (χ3v) is 4.38. The average molecular weight is 327 g/mol. The molecule has 2 heterocycles. The summed E-state index contributed by atoms with van der Waals surface area (Å²) in [5, 5.41) is 0. The summed E-state index contributed by atoms with van der Waals surface area (Å²) in [5.74, 6) is 0.992. The van der Waals surface area contributed by atoms with Gasteiger partial charge in [-0.1, -0.05) is 45.0 Å². The van der Waals surface area contributed by atoms with Crippen LogP contribution in [0.3, 0.4) is 0 Å². The molecule has 1 aromatic carbocycles. The van der Waals surface area contributed by atoms with Crippen LogP contribution in [-0.2, 0) is 4.79 Å². The molecule has 0 radical (unpaired) electrons. The molecule has 0 N–H and O–H groups in total. The molecule has 0 bridgehead atoms. The smallest absolute Gasteiger partial charge is 0.297 e. The number of amides is 1. The molecule has 128 valence electrons. The van der Waals surface area contributed by atoms with Gasteiger partial charge in [0.25, 0.3) is 6.01 Å². The lowest BCUT2D eigenvalue weighted by Crippen LogP contribution is -2.51. The minimum absolute atomic E-state index is 0.204. The van der Waals surface area contributed by atoms with Crippen molar-refractivity contribution in [2.45, 2.75) is 27.7 Å². The SMILES string of the molecule is Cc1ccccc1-c1cnc(N2CCN(C(=O)C(C)(C)C)CC2)o1. The number of aromatic nitrogens is 1. The molecule has 1 amide bonds. The van der Waals surface area contributed by atoms with Gasteiger partial charge in [0.1, 0.15) is 0 Å². The molecule has 24 heavy (non-hydrogen) atoms. The Bertz CT molecular complexity index is 722. The van der Waals surface area contributed by atoms with E-state index >= 15 is 0 Å². The van der Waals surface area contributed by atoms with Gasteiger partial charge in [0.15, 0.2) is 5.76 Å². The van der Waals surface area contributed by atoms with Crippen LogP contribution in [0, 0.1) is 12.3 Å². The summed E-state index contributed by atoms with van der Waals surface area (Å²) in [6.07, 6.45) is 1.78. The highest BCUT2D eigenvalue weighted by Crippen LogP contribution is 2.28. The second-order valence-electron chi connectivity index (χ2n) is 7.35. The first-order valence-electron chi connectivity index (χ1n) is 8.42. The second-order valence-corrected chi connectivity index (χ2v) is 7.35. The molecule has 0 atom stereocenters. The number of nitrogens with zero attached hydrogens (tertiary/aromatic N) is 3. The number of piperazine rings is 1. The van der Waals surface area contributed by atoms with Crippen molar-refractivity contribution in [3.05, 3.63) is 36.0 Å². The summed E-state index contributed by atoms with van der Waals surface area (Å²) in [5.41, 5.74) is 1.90. The van der Waals surface area contributed by atoms with Gasteiger partial charge in [0, 0.05) is 37.2 Å². The van der Waals surface area contributed by atoms with Crippen molar-refractivity contribution in [3.8, 4) is 11.3 Å². The van der Waals surface area contributed by atoms with Crippen LogP contribution in [-0.4, -0.2) is 42.0 Å². The van der Waals surface area contributed by atoms with Crippen LogP contribution < -0.4 is 4.90 Å². The Balaban J connectivity index is 1.68. The zero-order valence-corrected chi connectivity index (χ0v) is 14.9. The van der Waals surface area contributed by atoms with Crippen molar-refractivity contribution in [1.82, 2.24) is 9.88 Å². The van der Waals surface area contributed by atoms with Crippen LogP contribution in [0.5, 0.6) is 0 Å². The first-order chi connectivity index (χ1) is 11.4. The van der Waals surface area contributed by atoms with Crippen LogP contribution in [0.15, 0.2) is 34.9 Å². The molecule has 0 aliphatic carbocycles. The number of carbonyl (C=O) groups excluding carboxylic acids is 1. The van der Waals surface area contributed by atoms with Crippen molar-refractivity contribution in [2.24, 2.45) is 5.41 Å². The lowest BCUT2D eigenvalue weighted by atomic mass is 9.94. The van der Waals surface area contributed by atoms with Crippen LogP contribution in [0.4, 0.5) is 6.01 Å². The molecule has 3 rings (SSSR count). The number of anilines is 1. The number of aryl methyl sites for hydroxylation is 1. The number of carbonyl (C=O) groups is 1. The highest BCUT2D eigenvalue weighted by atomic mass is 16.4. The molecule has 1 aliphatic heterocycles. The van der Waals surface area contributed by atoms with Gasteiger partial charge in [-0.3, -0.25) is 4.79 Å². The van der Waals surface area contributed by atoms with E-state index in [1.807, 2.05) is 43.9 Å². The maximum absolute atomic E-state index is 12.4. The standard InChI is InChI=1S/C19H25N3O2/c1-14-7-5-6-8-15(14)16-13-20-18(24-16)22-11-9-21(10-12-22)17(23)19(2,3)4/h5-8,13H,9-12H2,1-4H3. The summed E-state index contributed by atoms with van der Waals surface area (Å²) in [6.45, 7) is 10.9. The minimum atomic E-state index is -0.330. The molecule has 1 aliphatic rings. The molecule has 5 nitrogen and oxygen atoms in total. The molecule has 2 aromatic rings. The second kappa shape index (κ2) is 6.30. The van der Waals surface area contributed by atoms with Gasteiger partial charge < -0.3 is 14.2 Å². The Labute approximate surface area is 143 Å². The van der Waals surface area contributed by atoms with Crippen LogP contribution in [0.25, 0.3) is 11.3 Å². The van der Waals surface area contributed by atoms with E-state index in [9.17, 15) is 4.79 Å². The van der Waals surface area contributed by atoms with Gasteiger partial charge in [-0.2, -0.15) is 0 Å². The Morgan fingerprint density at radius 1 is 1.12 bits per heavy atom. The van der Waals surface area contributed by atoms with Crippen molar-refractivity contribution in [3.63, 3.8) is 0 Å². The fourth-order valence-electron chi connectivity index (χ4n) is 2.96. The topological polar surface area (TPSA) is 49.6 Å². The monoisotopic (exact) mass is 327 g/mol. The minimum Gasteiger partial charge on any atom is -0.423 e. The third-order valence-electron chi connectivity index (χ3n) is 4.38. The third kappa shape index (κ3) is 3.30. The number of rotatable bonds is 2. The summed E-state index contributed by atoms with van der Waals surface area (Å²) in [6, 6.07) is 8.76. The molecular formula is C19H25N3O2. The highest BCUT2D eigenvalue weighted by molar-refractivity contribution is 5.81. The van der Waals surface area contributed by atoms with E-state index in [-0.39, 0.29) is 11.3 Å². The van der Waals surface area contributed by atoms with E-state index in [0.29, 0.717) is 19.1 Å². The molecule has 0 spiro atoms. The summed E-state index contributed by atoms with van der Waals surface area (Å²) in [7, 11) is 0. The van der Waals surface area contributed by atoms with Crippen molar-refractivity contribution in [1.29, 1.82) is 0 Å². The zero-order chi connectivity index (χ0) is 17.3. The van der Waals surface area contributed by atoms with E-state index < -0.39 is 0 Å². The van der Waals surface area contributed by atoms with E-state index in [1.165, 1.54) is 5.56 Å². The zero-order valence-electron chi connectivity index (χ0n) is 14.9. The van der Waals surface area contributed by atoms with Crippen LogP contribution >= 0.6 is 0 Å². The van der Waals surface area contributed by atoms with Crippen molar-refractivity contribution < 1.29 is 9.21 Å². The normalized spacial score (nSPS) is 15.7. The van der Waals surface area contributed by atoms with Gasteiger partial charge in [-0.05, 0) is 12.5 Å². The van der Waals surface area contributed by atoms with E-state index in [2.05, 4.69) is 22.9 Å². The van der Waals surface area contributed by atoms with Gasteiger partial charge in [0.2, 0.25) is 5.91 Å². The van der Waals surface area contributed by atoms with E-state index in [1.54, 1.807) is 6.20 Å². The maximum Gasteiger partial charge on any atom is 0.297 e. The van der Waals surface area contributed by atoms with E-state index in [0.717, 1.165) is 24.4 Å². The average Bonchev–Trinajstić information content (AvgIpc) is 3.03. The van der Waals surface area contributed by atoms with E-state index in [4.69, 9.17) is 4.42 Å². The molecule has 0 saturated carbocycles. The first kappa shape index (κ1) is 16.6. The summed E-state index contributed by atoms with van der Waals surface area (Å²) >= 11 is 0. The molecule has 1 fully saturated rings. The van der Waals surface area contributed by atoms with Crippen molar-refractivity contribution >= 4 is 11.9 Å².